The number of hydrogen-bond acceptors (Lipinski definition) is 3. The van der Waals surface area contributed by atoms with E-state index >= 15 is 0 Å². The van der Waals surface area contributed by atoms with Gasteiger partial charge in [-0.05, 0) is 13.3 Å². The molecule has 0 saturated carbocycles. The molecule has 2 N–H and O–H groups in total. The average molecular weight is 213 g/mol. The Labute approximate surface area is 90.1 Å². The lowest BCUT2D eigenvalue weighted by molar-refractivity contribution is 0.167. The van der Waals surface area contributed by atoms with E-state index in [9.17, 15) is 4.79 Å². The number of ether oxygens (including phenoxy) is 1. The molecule has 0 aromatic heterocycles. The van der Waals surface area contributed by atoms with Crippen molar-refractivity contribution in [1.82, 2.24) is 15.5 Å². The van der Waals surface area contributed by atoms with Crippen molar-refractivity contribution in [3.63, 3.8) is 0 Å². The second-order valence-electron chi connectivity index (χ2n) is 4.31. The molecule has 2 heterocycles. The van der Waals surface area contributed by atoms with Gasteiger partial charge in [0.2, 0.25) is 0 Å². The van der Waals surface area contributed by atoms with E-state index in [0.717, 1.165) is 32.7 Å². The molecule has 2 aliphatic heterocycles. The molecule has 5 heteroatoms. The first-order chi connectivity index (χ1) is 7.25. The van der Waals surface area contributed by atoms with Gasteiger partial charge in [-0.3, -0.25) is 0 Å². The Morgan fingerprint density at radius 1 is 1.60 bits per heavy atom. The van der Waals surface area contributed by atoms with E-state index in [-0.39, 0.29) is 12.1 Å². The highest BCUT2D eigenvalue weighted by atomic mass is 16.5. The molecule has 2 atom stereocenters. The molecule has 2 saturated heterocycles. The van der Waals surface area contributed by atoms with Gasteiger partial charge in [0, 0.05) is 32.3 Å². The number of carbonyl (C=O) groups is 1. The summed E-state index contributed by atoms with van der Waals surface area (Å²) in [5.41, 5.74) is 0. The zero-order valence-electron chi connectivity index (χ0n) is 9.16. The summed E-state index contributed by atoms with van der Waals surface area (Å²) in [6.07, 6.45) is 0.938. The van der Waals surface area contributed by atoms with E-state index in [2.05, 4.69) is 17.6 Å². The zero-order valence-corrected chi connectivity index (χ0v) is 9.16. The number of nitrogens with zero attached hydrogens (tertiary/aromatic N) is 1. The van der Waals surface area contributed by atoms with Crippen LogP contribution in [0.15, 0.2) is 0 Å². The minimum absolute atomic E-state index is 0.0545. The lowest BCUT2D eigenvalue weighted by Crippen LogP contribution is -2.55. The third kappa shape index (κ3) is 2.82. The van der Waals surface area contributed by atoms with E-state index in [1.807, 2.05) is 4.90 Å². The molecule has 2 amide bonds. The predicted molar refractivity (Wildman–Crippen MR) is 56.8 cm³/mol. The van der Waals surface area contributed by atoms with Crippen LogP contribution in [0.2, 0.25) is 0 Å². The monoisotopic (exact) mass is 213 g/mol. The fourth-order valence-corrected chi connectivity index (χ4v) is 2.03. The summed E-state index contributed by atoms with van der Waals surface area (Å²) in [5, 5.41) is 6.32. The quantitative estimate of drug-likeness (QED) is 0.633. The second kappa shape index (κ2) is 4.81. The second-order valence-corrected chi connectivity index (χ2v) is 4.31. The van der Waals surface area contributed by atoms with Crippen LogP contribution in [0.4, 0.5) is 4.79 Å². The minimum Gasteiger partial charge on any atom is -0.379 e. The molecule has 0 radical (unpaired) electrons. The smallest absolute Gasteiger partial charge is 0.317 e. The topological polar surface area (TPSA) is 53.6 Å². The van der Waals surface area contributed by atoms with E-state index in [1.54, 1.807) is 0 Å². The molecule has 0 aliphatic carbocycles. The Balaban J connectivity index is 1.78. The Morgan fingerprint density at radius 2 is 2.47 bits per heavy atom. The maximum Gasteiger partial charge on any atom is 0.317 e. The van der Waals surface area contributed by atoms with Crippen LogP contribution in [0.1, 0.15) is 13.3 Å². The van der Waals surface area contributed by atoms with Crippen molar-refractivity contribution in [2.24, 2.45) is 0 Å². The van der Waals surface area contributed by atoms with E-state index in [1.165, 1.54) is 0 Å². The summed E-state index contributed by atoms with van der Waals surface area (Å²) in [5.74, 6) is 0. The van der Waals surface area contributed by atoms with Crippen molar-refractivity contribution in [1.29, 1.82) is 0 Å². The number of piperazine rings is 1. The highest BCUT2D eigenvalue weighted by molar-refractivity contribution is 5.74. The largest absolute Gasteiger partial charge is 0.379 e. The highest BCUT2D eigenvalue weighted by Gasteiger charge is 2.24. The first-order valence-corrected chi connectivity index (χ1v) is 5.62. The van der Waals surface area contributed by atoms with Gasteiger partial charge in [0.05, 0.1) is 12.6 Å². The van der Waals surface area contributed by atoms with Crippen molar-refractivity contribution in [2.75, 3.05) is 32.8 Å². The molecule has 15 heavy (non-hydrogen) atoms. The molecule has 2 rings (SSSR count). The molecule has 0 spiro atoms. The van der Waals surface area contributed by atoms with Crippen LogP contribution in [0.25, 0.3) is 0 Å². The number of carbonyl (C=O) groups excluding carboxylic acids is 1. The maximum atomic E-state index is 11.8. The highest BCUT2D eigenvalue weighted by Crippen LogP contribution is 2.05. The summed E-state index contributed by atoms with van der Waals surface area (Å²) >= 11 is 0. The first kappa shape index (κ1) is 10.7. The molecule has 86 valence electrons. The first-order valence-electron chi connectivity index (χ1n) is 5.62. The van der Waals surface area contributed by atoms with Gasteiger partial charge in [0.25, 0.3) is 0 Å². The van der Waals surface area contributed by atoms with Crippen molar-refractivity contribution in [3.05, 3.63) is 0 Å². The van der Waals surface area contributed by atoms with Gasteiger partial charge in [-0.15, -0.1) is 0 Å². The van der Waals surface area contributed by atoms with Gasteiger partial charge in [-0.25, -0.2) is 4.79 Å². The van der Waals surface area contributed by atoms with Crippen LogP contribution in [-0.2, 0) is 4.74 Å². The lowest BCUT2D eigenvalue weighted by Gasteiger charge is -2.32. The number of rotatable bonds is 1. The van der Waals surface area contributed by atoms with Crippen molar-refractivity contribution in [3.8, 4) is 0 Å². The normalized spacial score (nSPS) is 31.7. The molecular weight excluding hydrogens is 194 g/mol. The third-order valence-corrected chi connectivity index (χ3v) is 2.91. The molecule has 2 fully saturated rings. The Morgan fingerprint density at radius 3 is 3.13 bits per heavy atom. The standard InChI is InChI=1S/C10H19N3O2/c1-8-6-13(4-3-11-8)10(14)12-9-2-5-15-7-9/h8-9,11H,2-7H2,1H3,(H,12,14). The van der Waals surface area contributed by atoms with Gasteiger partial charge in [-0.1, -0.05) is 0 Å². The summed E-state index contributed by atoms with van der Waals surface area (Å²) in [7, 11) is 0. The molecule has 0 aromatic carbocycles. The van der Waals surface area contributed by atoms with Gasteiger partial charge in [-0.2, -0.15) is 0 Å². The van der Waals surface area contributed by atoms with Crippen LogP contribution >= 0.6 is 0 Å². The van der Waals surface area contributed by atoms with Gasteiger partial charge < -0.3 is 20.3 Å². The fraction of sp³-hybridized carbons (Fsp3) is 0.900. The summed E-state index contributed by atoms with van der Waals surface area (Å²) in [4.78, 5) is 13.7. The summed E-state index contributed by atoms with van der Waals surface area (Å²) in [6, 6.07) is 0.658. The molecular formula is C10H19N3O2. The number of hydrogen-bond donors (Lipinski definition) is 2. The Hall–Kier alpha value is -0.810. The molecule has 2 aliphatic rings. The predicted octanol–water partition coefficient (Wildman–Crippen LogP) is -0.221. The van der Waals surface area contributed by atoms with Crippen molar-refractivity contribution in [2.45, 2.75) is 25.4 Å². The van der Waals surface area contributed by atoms with Crippen LogP contribution in [0.3, 0.4) is 0 Å². The van der Waals surface area contributed by atoms with Crippen LogP contribution in [0.5, 0.6) is 0 Å². The maximum absolute atomic E-state index is 11.8. The molecule has 5 nitrogen and oxygen atoms in total. The van der Waals surface area contributed by atoms with Gasteiger partial charge in [0.15, 0.2) is 0 Å². The number of amides is 2. The van der Waals surface area contributed by atoms with Crippen LogP contribution in [0, 0.1) is 0 Å². The number of nitrogens with one attached hydrogen (secondary N) is 2. The minimum atomic E-state index is 0.0545. The average Bonchev–Trinajstić information content (AvgIpc) is 2.70. The molecule has 0 aromatic rings. The Kier molecular flexibility index (Phi) is 3.43. The third-order valence-electron chi connectivity index (χ3n) is 2.91. The summed E-state index contributed by atoms with van der Waals surface area (Å²) < 4.78 is 5.22. The fourth-order valence-electron chi connectivity index (χ4n) is 2.03. The molecule has 0 bridgehead atoms. The van der Waals surface area contributed by atoms with Crippen LogP contribution in [-0.4, -0.2) is 55.9 Å². The van der Waals surface area contributed by atoms with E-state index in [0.29, 0.717) is 12.6 Å². The van der Waals surface area contributed by atoms with E-state index < -0.39 is 0 Å². The van der Waals surface area contributed by atoms with Crippen LogP contribution < -0.4 is 10.6 Å². The van der Waals surface area contributed by atoms with Crippen molar-refractivity contribution >= 4 is 6.03 Å². The number of urea groups is 1. The Bertz CT molecular complexity index is 229. The lowest BCUT2D eigenvalue weighted by atomic mass is 10.2. The molecule has 2 unspecified atom stereocenters. The van der Waals surface area contributed by atoms with Gasteiger partial charge in [0.1, 0.15) is 0 Å². The summed E-state index contributed by atoms with van der Waals surface area (Å²) in [6.45, 7) is 5.99. The van der Waals surface area contributed by atoms with Gasteiger partial charge >= 0.3 is 6.03 Å². The zero-order chi connectivity index (χ0) is 10.7. The SMILES string of the molecule is CC1CN(C(=O)NC2CCOC2)CCN1. The van der Waals surface area contributed by atoms with Crippen molar-refractivity contribution < 1.29 is 9.53 Å². The van der Waals surface area contributed by atoms with E-state index in [4.69, 9.17) is 4.74 Å².